The summed E-state index contributed by atoms with van der Waals surface area (Å²) in [5.74, 6) is -1.28. The second-order valence-electron chi connectivity index (χ2n) is 8.95. The zero-order valence-electron chi connectivity index (χ0n) is 20.7. The molecule has 37 heavy (non-hydrogen) atoms. The van der Waals surface area contributed by atoms with Gasteiger partial charge in [-0.3, -0.25) is 18.7 Å². The van der Waals surface area contributed by atoms with Gasteiger partial charge in [0.15, 0.2) is 0 Å². The first kappa shape index (κ1) is 25.9. The van der Waals surface area contributed by atoms with E-state index in [2.05, 4.69) is 16.0 Å². The van der Waals surface area contributed by atoms with Crippen LogP contribution < -0.4 is 20.3 Å². The molecule has 1 heterocycles. The van der Waals surface area contributed by atoms with Crippen LogP contribution >= 0.6 is 0 Å². The van der Waals surface area contributed by atoms with Gasteiger partial charge >= 0.3 is 0 Å². The summed E-state index contributed by atoms with van der Waals surface area (Å²) in [6, 6.07) is 16.9. The van der Waals surface area contributed by atoms with E-state index in [9.17, 15) is 22.8 Å². The van der Waals surface area contributed by atoms with E-state index >= 15 is 0 Å². The molecule has 9 nitrogen and oxygen atoms in total. The normalized spacial score (nSPS) is 14.9. The molecule has 0 spiro atoms. The van der Waals surface area contributed by atoms with Gasteiger partial charge in [0.25, 0.3) is 10.0 Å². The Morgan fingerprint density at radius 2 is 1.70 bits per heavy atom. The average molecular weight is 521 g/mol. The number of rotatable bonds is 7. The maximum Gasteiger partial charge on any atom is 0.265 e. The molecule has 192 valence electrons. The van der Waals surface area contributed by atoms with Crippen molar-refractivity contribution in [2.75, 3.05) is 14.9 Å². The van der Waals surface area contributed by atoms with Crippen molar-refractivity contribution in [3.8, 4) is 0 Å². The van der Waals surface area contributed by atoms with Gasteiger partial charge < -0.3 is 16.0 Å². The van der Waals surface area contributed by atoms with Crippen LogP contribution in [0.1, 0.15) is 30.0 Å². The molecule has 1 unspecified atom stereocenters. The minimum absolute atomic E-state index is 0.0386. The number of fused-ring (bicyclic) bond motifs is 1. The zero-order chi connectivity index (χ0) is 26.7. The summed E-state index contributed by atoms with van der Waals surface area (Å²) in [6.45, 7) is 5.45. The summed E-state index contributed by atoms with van der Waals surface area (Å²) in [5.41, 5.74) is 3.82. The summed E-state index contributed by atoms with van der Waals surface area (Å²) in [7, 11) is -4.23. The zero-order valence-corrected chi connectivity index (χ0v) is 21.6. The Labute approximate surface area is 215 Å². The molecule has 1 aliphatic rings. The first-order valence-corrected chi connectivity index (χ1v) is 13.1. The van der Waals surface area contributed by atoms with Crippen molar-refractivity contribution in [1.82, 2.24) is 5.32 Å². The third-order valence-corrected chi connectivity index (χ3v) is 7.88. The number of nitrogens with one attached hydrogen (secondary N) is 3. The molecular weight excluding hydrogens is 492 g/mol. The second kappa shape index (κ2) is 10.4. The smallest absolute Gasteiger partial charge is 0.265 e. The molecular formula is C27H28N4O5S. The highest BCUT2D eigenvalue weighted by atomic mass is 32.2. The van der Waals surface area contributed by atoms with Crippen LogP contribution in [-0.2, 0) is 31.0 Å². The number of hydrogen-bond acceptors (Lipinski definition) is 5. The maximum absolute atomic E-state index is 13.9. The summed E-state index contributed by atoms with van der Waals surface area (Å²) in [4.78, 5) is 37.3. The molecule has 4 rings (SSSR count). The fourth-order valence-corrected chi connectivity index (χ4v) is 5.82. The number of aryl methyl sites for hydroxylation is 2. The molecule has 0 aliphatic carbocycles. The maximum atomic E-state index is 13.9. The average Bonchev–Trinajstić information content (AvgIpc) is 2.85. The number of nitrogens with zero attached hydrogens (tertiary/aromatic N) is 1. The monoisotopic (exact) mass is 520 g/mol. The van der Waals surface area contributed by atoms with Crippen LogP contribution in [0.5, 0.6) is 0 Å². The van der Waals surface area contributed by atoms with Crippen molar-refractivity contribution < 1.29 is 22.8 Å². The molecule has 0 aromatic heterocycles. The largest absolute Gasteiger partial charge is 0.352 e. The molecule has 3 amide bonds. The van der Waals surface area contributed by atoms with Gasteiger partial charge in [-0.15, -0.1) is 0 Å². The van der Waals surface area contributed by atoms with E-state index in [1.165, 1.54) is 19.1 Å². The predicted molar refractivity (Wildman–Crippen MR) is 142 cm³/mol. The van der Waals surface area contributed by atoms with Crippen molar-refractivity contribution in [1.29, 1.82) is 0 Å². The van der Waals surface area contributed by atoms with Gasteiger partial charge in [-0.1, -0.05) is 42.0 Å². The van der Waals surface area contributed by atoms with E-state index in [1.807, 2.05) is 26.0 Å². The quantitative estimate of drug-likeness (QED) is 0.440. The van der Waals surface area contributed by atoms with Crippen LogP contribution in [-0.4, -0.2) is 32.2 Å². The Balaban J connectivity index is 1.66. The summed E-state index contributed by atoms with van der Waals surface area (Å²) in [5, 5.41) is 8.18. The van der Waals surface area contributed by atoms with Crippen molar-refractivity contribution in [3.05, 3.63) is 83.4 Å². The first-order chi connectivity index (χ1) is 17.6. The standard InChI is InChI=1S/C27H28N4O5S/c1-17-8-13-22(18(2)14-17)29-26(33)15-25-27(34)30-23-6-4-5-7-24(23)31(25)37(35,36)21-11-9-20(10-12-21)16-28-19(3)32/h4-14,25H,15-16H2,1-3H3,(H,28,32)(H,29,33)(H,30,34). The fraction of sp³-hybridized carbons (Fsp3) is 0.222. The number of carbonyl (C=O) groups is 3. The fourth-order valence-electron chi connectivity index (χ4n) is 4.18. The lowest BCUT2D eigenvalue weighted by Gasteiger charge is -2.36. The molecule has 0 saturated carbocycles. The molecule has 1 aliphatic heterocycles. The number of anilines is 3. The Morgan fingerprint density at radius 1 is 1.00 bits per heavy atom. The lowest BCUT2D eigenvalue weighted by Crippen LogP contribution is -2.52. The Morgan fingerprint density at radius 3 is 2.38 bits per heavy atom. The predicted octanol–water partition coefficient (Wildman–Crippen LogP) is 3.48. The molecule has 0 bridgehead atoms. The number of carbonyl (C=O) groups excluding carboxylic acids is 3. The minimum atomic E-state index is -4.23. The number of hydrogen-bond donors (Lipinski definition) is 3. The molecule has 3 aromatic carbocycles. The van der Waals surface area contributed by atoms with E-state index in [-0.39, 0.29) is 29.5 Å². The number of para-hydroxylation sites is 2. The Hall–Kier alpha value is -4.18. The van der Waals surface area contributed by atoms with Crippen LogP contribution in [0, 0.1) is 13.8 Å². The van der Waals surface area contributed by atoms with Crippen molar-refractivity contribution in [3.63, 3.8) is 0 Å². The molecule has 10 heteroatoms. The van der Waals surface area contributed by atoms with E-state index < -0.39 is 27.9 Å². The van der Waals surface area contributed by atoms with Crippen molar-refractivity contribution >= 4 is 44.8 Å². The van der Waals surface area contributed by atoms with Crippen LogP contribution in [0.2, 0.25) is 0 Å². The van der Waals surface area contributed by atoms with Crippen LogP contribution in [0.3, 0.4) is 0 Å². The minimum Gasteiger partial charge on any atom is -0.352 e. The van der Waals surface area contributed by atoms with Gasteiger partial charge in [0.05, 0.1) is 22.7 Å². The summed E-state index contributed by atoms with van der Waals surface area (Å²) in [6.07, 6.45) is -0.382. The highest BCUT2D eigenvalue weighted by Crippen LogP contribution is 2.37. The first-order valence-electron chi connectivity index (χ1n) is 11.7. The van der Waals surface area contributed by atoms with Crippen molar-refractivity contribution in [2.24, 2.45) is 0 Å². The highest BCUT2D eigenvalue weighted by molar-refractivity contribution is 7.93. The summed E-state index contributed by atoms with van der Waals surface area (Å²) < 4.78 is 28.7. The third-order valence-electron chi connectivity index (χ3n) is 6.04. The van der Waals surface area contributed by atoms with Crippen LogP contribution in [0.25, 0.3) is 0 Å². The molecule has 3 aromatic rings. The number of sulfonamides is 1. The van der Waals surface area contributed by atoms with Gasteiger partial charge in [0.2, 0.25) is 17.7 Å². The van der Waals surface area contributed by atoms with Gasteiger partial charge in [0.1, 0.15) is 6.04 Å². The molecule has 3 N–H and O–H groups in total. The van der Waals surface area contributed by atoms with Crippen LogP contribution in [0.15, 0.2) is 71.6 Å². The summed E-state index contributed by atoms with van der Waals surface area (Å²) >= 11 is 0. The third kappa shape index (κ3) is 5.64. The molecule has 0 saturated heterocycles. The Kier molecular flexibility index (Phi) is 7.30. The topological polar surface area (TPSA) is 125 Å². The van der Waals surface area contributed by atoms with E-state index in [0.29, 0.717) is 11.4 Å². The lowest BCUT2D eigenvalue weighted by molar-refractivity contribution is -0.122. The van der Waals surface area contributed by atoms with E-state index in [4.69, 9.17) is 0 Å². The van der Waals surface area contributed by atoms with E-state index in [0.717, 1.165) is 21.0 Å². The molecule has 0 radical (unpaired) electrons. The SMILES string of the molecule is CC(=O)NCc1ccc(S(=O)(=O)N2c3ccccc3NC(=O)C2CC(=O)Nc2ccc(C)cc2C)cc1. The van der Waals surface area contributed by atoms with Gasteiger partial charge in [-0.2, -0.15) is 0 Å². The number of benzene rings is 3. The Bertz CT molecular complexity index is 1470. The van der Waals surface area contributed by atoms with Gasteiger partial charge in [0, 0.05) is 19.2 Å². The van der Waals surface area contributed by atoms with E-state index in [1.54, 1.807) is 42.5 Å². The van der Waals surface area contributed by atoms with Crippen LogP contribution in [0.4, 0.5) is 17.1 Å². The molecule has 0 fully saturated rings. The number of amides is 3. The van der Waals surface area contributed by atoms with Crippen molar-refractivity contribution in [2.45, 2.75) is 44.7 Å². The van der Waals surface area contributed by atoms with Gasteiger partial charge in [-0.05, 0) is 55.3 Å². The second-order valence-corrected chi connectivity index (χ2v) is 10.8. The molecule has 1 atom stereocenters. The van der Waals surface area contributed by atoms with Gasteiger partial charge in [-0.25, -0.2) is 8.42 Å². The lowest BCUT2D eigenvalue weighted by atomic mass is 10.1. The highest BCUT2D eigenvalue weighted by Gasteiger charge is 2.42.